The van der Waals surface area contributed by atoms with Gasteiger partial charge in [0.05, 0.1) is 0 Å². The monoisotopic (exact) mass is 430 g/mol. The summed E-state index contributed by atoms with van der Waals surface area (Å²) in [5.41, 5.74) is -0.462. The van der Waals surface area contributed by atoms with Gasteiger partial charge >= 0.3 is 6.09 Å². The third kappa shape index (κ3) is 15.6. The summed E-state index contributed by atoms with van der Waals surface area (Å²) in [7, 11) is 3.41. The van der Waals surface area contributed by atoms with Gasteiger partial charge in [-0.25, -0.2) is 4.79 Å². The number of methoxy groups -OCH3 is 1. The minimum absolute atomic E-state index is 0. The first kappa shape index (κ1) is 23.5. The van der Waals surface area contributed by atoms with E-state index in [-0.39, 0.29) is 30.1 Å². The van der Waals surface area contributed by atoms with Crippen LogP contribution in [0.2, 0.25) is 0 Å². The number of hydrogen-bond donors (Lipinski definition) is 3. The summed E-state index contributed by atoms with van der Waals surface area (Å²) in [6.45, 7) is 8.34. The van der Waals surface area contributed by atoms with E-state index >= 15 is 0 Å². The van der Waals surface area contributed by atoms with E-state index in [1.807, 2.05) is 20.8 Å². The van der Waals surface area contributed by atoms with Crippen molar-refractivity contribution in [2.45, 2.75) is 39.2 Å². The molecule has 0 rings (SSSR count). The van der Waals surface area contributed by atoms with Crippen molar-refractivity contribution in [1.29, 1.82) is 0 Å². The lowest BCUT2D eigenvalue weighted by molar-refractivity contribution is 0.0527. The van der Waals surface area contributed by atoms with Crippen molar-refractivity contribution in [3.8, 4) is 0 Å². The molecule has 7 nitrogen and oxygen atoms in total. The van der Waals surface area contributed by atoms with Crippen molar-refractivity contribution in [2.75, 3.05) is 40.4 Å². The zero-order valence-electron chi connectivity index (χ0n) is 14.3. The summed E-state index contributed by atoms with van der Waals surface area (Å²) >= 11 is 0. The number of carbonyl (C=O) groups is 1. The van der Waals surface area contributed by atoms with Gasteiger partial charge in [0.2, 0.25) is 0 Å². The first-order valence-electron chi connectivity index (χ1n) is 7.29. The number of amides is 1. The summed E-state index contributed by atoms with van der Waals surface area (Å²) < 4.78 is 10.1. The fourth-order valence-electron chi connectivity index (χ4n) is 1.44. The van der Waals surface area contributed by atoms with Gasteiger partial charge in [-0.3, -0.25) is 4.99 Å². The Bertz CT molecular complexity index is 320. The average molecular weight is 430 g/mol. The van der Waals surface area contributed by atoms with E-state index in [9.17, 15) is 4.79 Å². The number of guanidine groups is 1. The number of halogens is 1. The normalized spacial score (nSPS) is 11.4. The Hall–Kier alpha value is -0.770. The van der Waals surface area contributed by atoms with Crippen molar-refractivity contribution < 1.29 is 14.3 Å². The van der Waals surface area contributed by atoms with Crippen LogP contribution in [0.5, 0.6) is 0 Å². The molecule has 0 atom stereocenters. The van der Waals surface area contributed by atoms with Gasteiger partial charge in [0.15, 0.2) is 5.96 Å². The van der Waals surface area contributed by atoms with Gasteiger partial charge in [0.25, 0.3) is 0 Å². The predicted molar refractivity (Wildman–Crippen MR) is 100 cm³/mol. The fraction of sp³-hybridized carbons (Fsp3) is 0.857. The maximum absolute atomic E-state index is 11.4. The average Bonchev–Trinajstić information content (AvgIpc) is 2.38. The molecule has 0 radical (unpaired) electrons. The topological polar surface area (TPSA) is 84.0 Å². The van der Waals surface area contributed by atoms with Crippen LogP contribution in [-0.2, 0) is 9.47 Å². The van der Waals surface area contributed by atoms with Crippen LogP contribution in [0.25, 0.3) is 0 Å². The first-order valence-corrected chi connectivity index (χ1v) is 7.29. The zero-order valence-corrected chi connectivity index (χ0v) is 16.7. The second kappa shape index (κ2) is 13.9. The van der Waals surface area contributed by atoms with Gasteiger partial charge in [0, 0.05) is 40.4 Å². The molecule has 1 amide bonds. The second-order valence-electron chi connectivity index (χ2n) is 5.55. The quantitative estimate of drug-likeness (QED) is 0.236. The molecule has 0 spiro atoms. The van der Waals surface area contributed by atoms with Gasteiger partial charge < -0.3 is 25.4 Å². The Morgan fingerprint density at radius 2 is 1.59 bits per heavy atom. The number of carbonyl (C=O) groups excluding carboxylic acids is 1. The van der Waals surface area contributed by atoms with Crippen molar-refractivity contribution >= 4 is 36.0 Å². The SMILES string of the molecule is CN=C(NCCCNC(=O)OC(C)(C)C)NCCCOC.I. The highest BCUT2D eigenvalue weighted by Gasteiger charge is 2.15. The number of alkyl carbamates (subject to hydrolysis) is 1. The second-order valence-corrected chi connectivity index (χ2v) is 5.55. The maximum Gasteiger partial charge on any atom is 0.407 e. The molecule has 0 aromatic heterocycles. The standard InChI is InChI=1S/C14H30N4O3.HI/c1-14(2,3)21-13(19)18-9-6-8-16-12(15-4)17-10-7-11-20-5;/h6-11H2,1-5H3,(H,18,19)(H2,15,16,17);1H. The van der Waals surface area contributed by atoms with Crippen molar-refractivity contribution in [3.63, 3.8) is 0 Å². The summed E-state index contributed by atoms with van der Waals surface area (Å²) in [4.78, 5) is 15.5. The predicted octanol–water partition coefficient (Wildman–Crippen LogP) is 1.72. The van der Waals surface area contributed by atoms with E-state index in [1.54, 1.807) is 14.2 Å². The molecule has 0 bridgehead atoms. The summed E-state index contributed by atoms with van der Waals surface area (Å²) in [6, 6.07) is 0. The third-order valence-corrected chi connectivity index (χ3v) is 2.36. The Morgan fingerprint density at radius 3 is 2.09 bits per heavy atom. The van der Waals surface area contributed by atoms with E-state index in [1.165, 1.54) is 0 Å². The molecule has 0 unspecified atom stereocenters. The molecular formula is C14H31IN4O3. The number of hydrogen-bond acceptors (Lipinski definition) is 4. The molecule has 0 saturated heterocycles. The highest BCUT2D eigenvalue weighted by atomic mass is 127. The Morgan fingerprint density at radius 1 is 1.05 bits per heavy atom. The Kier molecular flexibility index (Phi) is 14.8. The highest BCUT2D eigenvalue weighted by molar-refractivity contribution is 14.0. The smallest absolute Gasteiger partial charge is 0.407 e. The first-order chi connectivity index (χ1) is 9.89. The molecular weight excluding hydrogens is 399 g/mol. The minimum atomic E-state index is -0.462. The van der Waals surface area contributed by atoms with E-state index in [2.05, 4.69) is 20.9 Å². The molecule has 3 N–H and O–H groups in total. The molecule has 132 valence electrons. The van der Waals surface area contributed by atoms with E-state index < -0.39 is 5.60 Å². The lowest BCUT2D eigenvalue weighted by Gasteiger charge is -2.19. The molecule has 0 aliphatic rings. The van der Waals surface area contributed by atoms with Crippen LogP contribution >= 0.6 is 24.0 Å². The molecule has 22 heavy (non-hydrogen) atoms. The summed E-state index contributed by atoms with van der Waals surface area (Å²) in [6.07, 6.45) is 1.33. The molecule has 0 aromatic carbocycles. The molecule has 0 saturated carbocycles. The lowest BCUT2D eigenvalue weighted by atomic mass is 10.2. The molecule has 0 aliphatic heterocycles. The number of ether oxygens (including phenoxy) is 2. The minimum Gasteiger partial charge on any atom is -0.444 e. The van der Waals surface area contributed by atoms with Crippen LogP contribution < -0.4 is 16.0 Å². The van der Waals surface area contributed by atoms with Gasteiger partial charge in [-0.05, 0) is 33.6 Å². The van der Waals surface area contributed by atoms with E-state index in [0.717, 1.165) is 38.5 Å². The van der Waals surface area contributed by atoms with Crippen LogP contribution in [0.15, 0.2) is 4.99 Å². The lowest BCUT2D eigenvalue weighted by Crippen LogP contribution is -2.39. The molecule has 0 heterocycles. The van der Waals surface area contributed by atoms with Gasteiger partial charge in [-0.1, -0.05) is 0 Å². The summed E-state index contributed by atoms with van der Waals surface area (Å²) in [5, 5.41) is 9.07. The highest BCUT2D eigenvalue weighted by Crippen LogP contribution is 2.06. The fourth-order valence-corrected chi connectivity index (χ4v) is 1.44. The van der Waals surface area contributed by atoms with Gasteiger partial charge in [-0.2, -0.15) is 0 Å². The Balaban J connectivity index is 0. The van der Waals surface area contributed by atoms with Gasteiger partial charge in [0.1, 0.15) is 5.60 Å². The number of aliphatic imine (C=N–C) groups is 1. The largest absolute Gasteiger partial charge is 0.444 e. The zero-order chi connectivity index (χ0) is 16.1. The number of nitrogens with zero attached hydrogens (tertiary/aromatic N) is 1. The molecule has 0 aromatic rings. The van der Waals surface area contributed by atoms with Gasteiger partial charge in [-0.15, -0.1) is 24.0 Å². The number of rotatable bonds is 8. The van der Waals surface area contributed by atoms with Crippen LogP contribution in [0.1, 0.15) is 33.6 Å². The van der Waals surface area contributed by atoms with Crippen molar-refractivity contribution in [1.82, 2.24) is 16.0 Å². The van der Waals surface area contributed by atoms with Crippen LogP contribution in [-0.4, -0.2) is 58.1 Å². The Labute approximate surface area is 151 Å². The van der Waals surface area contributed by atoms with Crippen LogP contribution in [0, 0.1) is 0 Å². The summed E-state index contributed by atoms with van der Waals surface area (Å²) in [5.74, 6) is 0.753. The van der Waals surface area contributed by atoms with Crippen molar-refractivity contribution in [2.24, 2.45) is 4.99 Å². The van der Waals surface area contributed by atoms with Crippen molar-refractivity contribution in [3.05, 3.63) is 0 Å². The molecule has 0 aliphatic carbocycles. The molecule has 8 heteroatoms. The van der Waals surface area contributed by atoms with E-state index in [0.29, 0.717) is 6.54 Å². The molecule has 0 fully saturated rings. The third-order valence-electron chi connectivity index (χ3n) is 2.36. The van der Waals surface area contributed by atoms with Crippen LogP contribution in [0.3, 0.4) is 0 Å². The van der Waals surface area contributed by atoms with Crippen LogP contribution in [0.4, 0.5) is 4.79 Å². The number of nitrogens with one attached hydrogen (secondary N) is 3. The maximum atomic E-state index is 11.4. The van der Waals surface area contributed by atoms with E-state index in [4.69, 9.17) is 9.47 Å².